The van der Waals surface area contributed by atoms with Crippen LogP contribution in [0.1, 0.15) is 26.7 Å². The molecule has 0 saturated carbocycles. The van der Waals surface area contributed by atoms with Crippen molar-refractivity contribution < 1.29 is 8.42 Å². The van der Waals surface area contributed by atoms with Gasteiger partial charge in [0.2, 0.25) is 0 Å². The second-order valence-electron chi connectivity index (χ2n) is 5.09. The van der Waals surface area contributed by atoms with E-state index in [9.17, 15) is 8.42 Å². The molecule has 1 aliphatic heterocycles. The minimum Gasteiger partial charge on any atom is -0.321 e. The number of nitrogens with one attached hydrogen (secondary N) is 1. The standard InChI is InChI=1S/C12H20N4O2S/c1-9-5-7-16(10(2)8-9)19(17,18)12-11(15-13)4-3-6-14-12/h3-4,6,9-10,15H,5,7-8,13H2,1-2H3. The van der Waals surface area contributed by atoms with Crippen LogP contribution in [0.3, 0.4) is 0 Å². The Morgan fingerprint density at radius 2 is 2.21 bits per heavy atom. The zero-order valence-electron chi connectivity index (χ0n) is 11.2. The number of sulfonamides is 1. The van der Waals surface area contributed by atoms with E-state index in [1.807, 2.05) is 6.92 Å². The quantitative estimate of drug-likeness (QED) is 0.642. The zero-order valence-corrected chi connectivity index (χ0v) is 12.0. The molecule has 1 aromatic heterocycles. The Morgan fingerprint density at radius 1 is 1.47 bits per heavy atom. The van der Waals surface area contributed by atoms with Crippen molar-refractivity contribution in [1.82, 2.24) is 9.29 Å². The summed E-state index contributed by atoms with van der Waals surface area (Å²) in [7, 11) is -3.60. The molecule has 2 heterocycles. The van der Waals surface area contributed by atoms with E-state index in [-0.39, 0.29) is 11.1 Å². The number of pyridine rings is 1. The largest absolute Gasteiger partial charge is 0.321 e. The molecule has 7 heteroatoms. The van der Waals surface area contributed by atoms with Crippen molar-refractivity contribution >= 4 is 15.7 Å². The van der Waals surface area contributed by atoms with Gasteiger partial charge in [-0.15, -0.1) is 0 Å². The summed E-state index contributed by atoms with van der Waals surface area (Å²) in [6.07, 6.45) is 3.21. The lowest BCUT2D eigenvalue weighted by atomic mass is 9.95. The summed E-state index contributed by atoms with van der Waals surface area (Å²) in [4.78, 5) is 3.98. The first-order chi connectivity index (χ1) is 8.96. The van der Waals surface area contributed by atoms with E-state index in [0.29, 0.717) is 18.2 Å². The van der Waals surface area contributed by atoms with E-state index in [4.69, 9.17) is 5.84 Å². The van der Waals surface area contributed by atoms with E-state index in [0.717, 1.165) is 12.8 Å². The number of piperidine rings is 1. The van der Waals surface area contributed by atoms with E-state index in [1.54, 1.807) is 12.1 Å². The number of nitrogen functional groups attached to an aromatic ring is 1. The molecular formula is C12H20N4O2S. The molecule has 0 aliphatic carbocycles. The highest BCUT2D eigenvalue weighted by molar-refractivity contribution is 7.89. The molecule has 0 spiro atoms. The molecule has 1 aromatic rings. The van der Waals surface area contributed by atoms with Gasteiger partial charge in [-0.2, -0.15) is 4.31 Å². The van der Waals surface area contributed by atoms with Crippen molar-refractivity contribution in [1.29, 1.82) is 0 Å². The van der Waals surface area contributed by atoms with Crippen LogP contribution in [0.4, 0.5) is 5.69 Å². The maximum absolute atomic E-state index is 12.7. The van der Waals surface area contributed by atoms with Crippen LogP contribution in [-0.2, 0) is 10.0 Å². The van der Waals surface area contributed by atoms with Crippen LogP contribution in [0, 0.1) is 5.92 Å². The predicted molar refractivity (Wildman–Crippen MR) is 73.8 cm³/mol. The Bertz CT molecular complexity index is 546. The van der Waals surface area contributed by atoms with E-state index >= 15 is 0 Å². The van der Waals surface area contributed by atoms with Gasteiger partial charge >= 0.3 is 0 Å². The molecule has 19 heavy (non-hydrogen) atoms. The van der Waals surface area contributed by atoms with Gasteiger partial charge in [0, 0.05) is 18.8 Å². The summed E-state index contributed by atoms with van der Waals surface area (Å²) in [6.45, 7) is 4.62. The highest BCUT2D eigenvalue weighted by Gasteiger charge is 2.35. The summed E-state index contributed by atoms with van der Waals surface area (Å²) < 4.78 is 26.8. The number of nitrogens with two attached hydrogens (primary N) is 1. The number of hydrogen-bond donors (Lipinski definition) is 2. The molecule has 0 aromatic carbocycles. The second-order valence-corrected chi connectivity index (χ2v) is 6.90. The van der Waals surface area contributed by atoms with Crippen LogP contribution in [0.5, 0.6) is 0 Å². The third-order valence-electron chi connectivity index (χ3n) is 3.56. The first-order valence-corrected chi connectivity index (χ1v) is 7.84. The molecule has 2 rings (SSSR count). The maximum atomic E-state index is 12.7. The Labute approximate surface area is 114 Å². The molecule has 2 atom stereocenters. The summed E-state index contributed by atoms with van der Waals surface area (Å²) in [5.74, 6) is 5.91. The Morgan fingerprint density at radius 3 is 2.84 bits per heavy atom. The average molecular weight is 284 g/mol. The average Bonchev–Trinajstić information content (AvgIpc) is 2.38. The third-order valence-corrected chi connectivity index (χ3v) is 5.53. The lowest BCUT2D eigenvalue weighted by Gasteiger charge is -2.35. The number of anilines is 1. The van der Waals surface area contributed by atoms with Crippen molar-refractivity contribution in [2.45, 2.75) is 37.8 Å². The molecule has 1 fully saturated rings. The fourth-order valence-corrected chi connectivity index (χ4v) is 4.29. The maximum Gasteiger partial charge on any atom is 0.262 e. The van der Waals surface area contributed by atoms with Crippen LogP contribution >= 0.6 is 0 Å². The fourth-order valence-electron chi connectivity index (χ4n) is 2.56. The first-order valence-electron chi connectivity index (χ1n) is 6.40. The molecule has 1 saturated heterocycles. The van der Waals surface area contributed by atoms with Crippen molar-refractivity contribution in [2.24, 2.45) is 11.8 Å². The van der Waals surface area contributed by atoms with Gasteiger partial charge in [0.05, 0.1) is 5.69 Å². The number of aromatic nitrogens is 1. The molecular weight excluding hydrogens is 264 g/mol. The third kappa shape index (κ3) is 2.72. The van der Waals surface area contributed by atoms with Gasteiger partial charge in [0.15, 0.2) is 5.03 Å². The summed E-state index contributed by atoms with van der Waals surface area (Å²) in [5, 5.41) is -0.00102. The number of hydrazine groups is 1. The van der Waals surface area contributed by atoms with Crippen LogP contribution < -0.4 is 11.3 Å². The lowest BCUT2D eigenvalue weighted by molar-refractivity contribution is 0.219. The van der Waals surface area contributed by atoms with Crippen LogP contribution in [-0.4, -0.2) is 30.3 Å². The lowest BCUT2D eigenvalue weighted by Crippen LogP contribution is -2.44. The molecule has 2 unspecified atom stereocenters. The first kappa shape index (κ1) is 14.2. The van der Waals surface area contributed by atoms with Gasteiger partial charge in [0.25, 0.3) is 10.0 Å². The number of rotatable bonds is 3. The van der Waals surface area contributed by atoms with Gasteiger partial charge in [-0.1, -0.05) is 6.92 Å². The molecule has 3 N–H and O–H groups in total. The van der Waals surface area contributed by atoms with Gasteiger partial charge < -0.3 is 5.43 Å². The molecule has 106 valence electrons. The highest BCUT2D eigenvalue weighted by Crippen LogP contribution is 2.29. The van der Waals surface area contributed by atoms with Crippen molar-refractivity contribution in [3.05, 3.63) is 18.3 Å². The van der Waals surface area contributed by atoms with Crippen molar-refractivity contribution in [2.75, 3.05) is 12.0 Å². The van der Waals surface area contributed by atoms with Crippen molar-refractivity contribution in [3.63, 3.8) is 0 Å². The zero-order chi connectivity index (χ0) is 14.0. The monoisotopic (exact) mass is 284 g/mol. The van der Waals surface area contributed by atoms with E-state index < -0.39 is 10.0 Å². The Balaban J connectivity index is 2.37. The molecule has 0 amide bonds. The number of hydrogen-bond acceptors (Lipinski definition) is 5. The number of nitrogens with zero attached hydrogens (tertiary/aromatic N) is 2. The van der Waals surface area contributed by atoms with Gasteiger partial charge in [-0.05, 0) is 37.8 Å². The predicted octanol–water partition coefficient (Wildman–Crippen LogP) is 1.18. The van der Waals surface area contributed by atoms with Crippen molar-refractivity contribution in [3.8, 4) is 0 Å². The molecule has 1 aliphatic rings. The summed E-state index contributed by atoms with van der Waals surface area (Å²) >= 11 is 0. The van der Waals surface area contributed by atoms with Gasteiger partial charge in [-0.25, -0.2) is 13.4 Å². The van der Waals surface area contributed by atoms with E-state index in [2.05, 4.69) is 17.3 Å². The molecule has 0 bridgehead atoms. The second kappa shape index (κ2) is 5.44. The Hall–Kier alpha value is -1.18. The normalized spacial score (nSPS) is 25.2. The highest BCUT2D eigenvalue weighted by atomic mass is 32.2. The van der Waals surface area contributed by atoms with Crippen LogP contribution in [0.25, 0.3) is 0 Å². The van der Waals surface area contributed by atoms with Gasteiger partial charge in [0.1, 0.15) is 0 Å². The molecule has 6 nitrogen and oxygen atoms in total. The summed E-state index contributed by atoms with van der Waals surface area (Å²) in [6, 6.07) is 3.24. The van der Waals surface area contributed by atoms with Crippen LogP contribution in [0.15, 0.2) is 23.4 Å². The van der Waals surface area contributed by atoms with Gasteiger partial charge in [-0.3, -0.25) is 5.84 Å². The molecule has 0 radical (unpaired) electrons. The SMILES string of the molecule is CC1CCN(S(=O)(=O)c2ncccc2NN)C(C)C1. The Kier molecular flexibility index (Phi) is 4.07. The fraction of sp³-hybridized carbons (Fsp3) is 0.583. The minimum atomic E-state index is -3.60. The summed E-state index contributed by atoms with van der Waals surface area (Å²) in [5.41, 5.74) is 2.72. The van der Waals surface area contributed by atoms with Crippen LogP contribution in [0.2, 0.25) is 0 Å². The topological polar surface area (TPSA) is 88.3 Å². The van der Waals surface area contributed by atoms with E-state index in [1.165, 1.54) is 10.5 Å². The smallest absolute Gasteiger partial charge is 0.262 e. The minimum absolute atomic E-state index is 0.00102.